The highest BCUT2D eigenvalue weighted by Crippen LogP contribution is 2.29. The molecule has 0 radical (unpaired) electrons. The molecular weight excluding hydrogens is 414 g/mol. The fraction of sp³-hybridized carbons (Fsp3) is 0.240. The average molecular weight is 438 g/mol. The van der Waals surface area contributed by atoms with Gasteiger partial charge in [-0.05, 0) is 78.4 Å². The van der Waals surface area contributed by atoms with Crippen molar-refractivity contribution in [1.82, 2.24) is 5.32 Å². The summed E-state index contributed by atoms with van der Waals surface area (Å²) in [6.45, 7) is 0.472. The molecule has 0 spiro atoms. The third-order valence-electron chi connectivity index (χ3n) is 5.58. The number of hydrogen-bond donors (Lipinski definition) is 3. The summed E-state index contributed by atoms with van der Waals surface area (Å²) in [7, 11) is 0. The zero-order valence-electron chi connectivity index (χ0n) is 16.9. The minimum Gasteiger partial charge on any atom is -0.478 e. The normalized spacial score (nSPS) is 16.4. The summed E-state index contributed by atoms with van der Waals surface area (Å²) < 4.78 is 5.90. The van der Waals surface area contributed by atoms with E-state index in [9.17, 15) is 9.90 Å². The number of carbonyl (C=O) groups is 1. The molecule has 0 saturated carbocycles. The topological polar surface area (TPSA) is 78.8 Å². The summed E-state index contributed by atoms with van der Waals surface area (Å²) in [5.74, 6) is 0.199. The first kappa shape index (κ1) is 21.4. The molecule has 31 heavy (non-hydrogen) atoms. The predicted octanol–water partition coefficient (Wildman–Crippen LogP) is 5.01. The molecule has 3 aromatic rings. The Morgan fingerprint density at radius 3 is 2.61 bits per heavy atom. The quantitative estimate of drug-likeness (QED) is 0.484. The molecule has 0 unspecified atom stereocenters. The van der Waals surface area contributed by atoms with E-state index >= 15 is 0 Å². The highest BCUT2D eigenvalue weighted by molar-refractivity contribution is 6.30. The Morgan fingerprint density at radius 2 is 1.84 bits per heavy atom. The Labute approximate surface area is 186 Å². The van der Waals surface area contributed by atoms with Crippen LogP contribution in [0.15, 0.2) is 66.7 Å². The van der Waals surface area contributed by atoms with Gasteiger partial charge in [0.1, 0.15) is 11.5 Å². The lowest BCUT2D eigenvalue weighted by molar-refractivity contribution is 0.0696. The average Bonchev–Trinajstić information content (AvgIpc) is 2.78. The van der Waals surface area contributed by atoms with Crippen molar-refractivity contribution in [3.05, 3.63) is 94.0 Å². The van der Waals surface area contributed by atoms with Crippen molar-refractivity contribution >= 4 is 17.6 Å². The van der Waals surface area contributed by atoms with Gasteiger partial charge in [-0.1, -0.05) is 35.9 Å². The lowest BCUT2D eigenvalue weighted by atomic mass is 9.88. The highest BCUT2D eigenvalue weighted by atomic mass is 35.5. The number of carboxylic acid groups (broad SMARTS) is 1. The maximum absolute atomic E-state index is 11.2. The second-order valence-corrected chi connectivity index (χ2v) is 8.22. The van der Waals surface area contributed by atoms with Crippen molar-refractivity contribution in [3.63, 3.8) is 0 Å². The lowest BCUT2D eigenvalue weighted by Gasteiger charge is -2.27. The molecule has 0 fully saturated rings. The van der Waals surface area contributed by atoms with Crippen LogP contribution in [-0.2, 0) is 12.8 Å². The fourth-order valence-electron chi connectivity index (χ4n) is 3.88. The number of aliphatic hydroxyl groups is 1. The van der Waals surface area contributed by atoms with Crippen molar-refractivity contribution in [2.24, 2.45) is 0 Å². The van der Waals surface area contributed by atoms with E-state index in [0.717, 1.165) is 24.8 Å². The van der Waals surface area contributed by atoms with E-state index in [1.54, 1.807) is 24.3 Å². The van der Waals surface area contributed by atoms with Crippen LogP contribution in [0, 0.1) is 0 Å². The zero-order valence-corrected chi connectivity index (χ0v) is 17.7. The Balaban J connectivity index is 1.38. The van der Waals surface area contributed by atoms with Crippen LogP contribution in [0.25, 0.3) is 0 Å². The van der Waals surface area contributed by atoms with E-state index in [1.165, 1.54) is 23.3 Å². The van der Waals surface area contributed by atoms with E-state index in [1.807, 2.05) is 24.3 Å². The van der Waals surface area contributed by atoms with E-state index in [0.29, 0.717) is 23.1 Å². The third-order valence-corrected chi connectivity index (χ3v) is 5.83. The smallest absolute Gasteiger partial charge is 0.335 e. The molecule has 4 rings (SSSR count). The maximum Gasteiger partial charge on any atom is 0.335 e. The summed E-state index contributed by atoms with van der Waals surface area (Å²) in [5, 5.41) is 23.7. The number of carboxylic acids is 1. The fourth-order valence-corrected chi connectivity index (χ4v) is 4.01. The van der Waals surface area contributed by atoms with E-state index in [2.05, 4.69) is 11.4 Å². The van der Waals surface area contributed by atoms with Gasteiger partial charge in [-0.15, -0.1) is 0 Å². The van der Waals surface area contributed by atoms with Crippen LogP contribution in [0.3, 0.4) is 0 Å². The molecule has 0 bridgehead atoms. The summed E-state index contributed by atoms with van der Waals surface area (Å²) in [5.41, 5.74) is 3.53. The van der Waals surface area contributed by atoms with Crippen molar-refractivity contribution in [1.29, 1.82) is 0 Å². The Kier molecular flexibility index (Phi) is 6.56. The summed E-state index contributed by atoms with van der Waals surface area (Å²) in [6.07, 6.45) is 2.21. The van der Waals surface area contributed by atoms with E-state index < -0.39 is 12.1 Å². The van der Waals surface area contributed by atoms with Gasteiger partial charge in [0.05, 0.1) is 11.7 Å². The molecule has 3 N–H and O–H groups in total. The van der Waals surface area contributed by atoms with Crippen LogP contribution in [0.5, 0.6) is 11.5 Å². The van der Waals surface area contributed by atoms with Crippen LogP contribution < -0.4 is 10.1 Å². The van der Waals surface area contributed by atoms with Crippen LogP contribution >= 0.6 is 11.6 Å². The van der Waals surface area contributed by atoms with Gasteiger partial charge in [0.2, 0.25) is 0 Å². The minimum absolute atomic E-state index is 0.193. The Morgan fingerprint density at radius 1 is 1.06 bits per heavy atom. The van der Waals surface area contributed by atoms with Gasteiger partial charge in [-0.3, -0.25) is 0 Å². The minimum atomic E-state index is -0.981. The van der Waals surface area contributed by atoms with Gasteiger partial charge in [0.15, 0.2) is 0 Å². The molecular formula is C25H24ClNO4. The molecule has 0 amide bonds. The number of fused-ring (bicyclic) bond motifs is 1. The Bertz CT molecular complexity index is 1070. The standard InChI is InChI=1S/C25H24ClNO4/c26-20-8-4-17(5-9-20)24(28)15-27-21-10-6-16-7-11-23(14-19(16)12-21)31-22-3-1-2-18(13-22)25(29)30/h1-5,7-9,11,13-14,21,24,27-28H,6,10,12,15H2,(H,29,30)/t21-,24+/m0/s1. The molecule has 3 aromatic carbocycles. The van der Waals surface area contributed by atoms with Crippen LogP contribution in [-0.4, -0.2) is 28.8 Å². The number of aromatic carboxylic acids is 1. The molecule has 160 valence electrons. The van der Waals surface area contributed by atoms with Crippen molar-refractivity contribution in [2.75, 3.05) is 6.54 Å². The van der Waals surface area contributed by atoms with Gasteiger partial charge >= 0.3 is 5.97 Å². The number of halogens is 1. The molecule has 0 saturated heterocycles. The van der Waals surface area contributed by atoms with Crippen LogP contribution in [0.4, 0.5) is 0 Å². The number of nitrogens with one attached hydrogen (secondary N) is 1. The molecule has 0 heterocycles. The largest absolute Gasteiger partial charge is 0.478 e. The van der Waals surface area contributed by atoms with Gasteiger partial charge in [-0.2, -0.15) is 0 Å². The maximum atomic E-state index is 11.2. The molecule has 0 aliphatic heterocycles. The summed E-state index contributed by atoms with van der Waals surface area (Å²) >= 11 is 5.91. The number of ether oxygens (including phenoxy) is 1. The number of benzene rings is 3. The first-order valence-corrected chi connectivity index (χ1v) is 10.7. The molecule has 2 atom stereocenters. The second-order valence-electron chi connectivity index (χ2n) is 7.78. The van der Waals surface area contributed by atoms with Crippen molar-refractivity contribution in [2.45, 2.75) is 31.4 Å². The van der Waals surface area contributed by atoms with Gasteiger partial charge in [0.25, 0.3) is 0 Å². The van der Waals surface area contributed by atoms with Crippen molar-refractivity contribution < 1.29 is 19.7 Å². The predicted molar refractivity (Wildman–Crippen MR) is 120 cm³/mol. The van der Waals surface area contributed by atoms with E-state index in [4.69, 9.17) is 21.4 Å². The summed E-state index contributed by atoms with van der Waals surface area (Å²) in [6, 6.07) is 20.0. The number of aryl methyl sites for hydroxylation is 1. The molecule has 1 aliphatic carbocycles. The van der Waals surface area contributed by atoms with Gasteiger partial charge in [0, 0.05) is 17.6 Å². The SMILES string of the molecule is O=C(O)c1cccc(Oc2ccc3c(c2)C[C@@H](NC[C@@H](O)c2ccc(Cl)cc2)CC3)c1. The van der Waals surface area contributed by atoms with Crippen molar-refractivity contribution in [3.8, 4) is 11.5 Å². The van der Waals surface area contributed by atoms with Crippen LogP contribution in [0.2, 0.25) is 5.02 Å². The first-order valence-electron chi connectivity index (χ1n) is 10.3. The van der Waals surface area contributed by atoms with Gasteiger partial charge in [-0.25, -0.2) is 4.79 Å². The number of aliphatic hydroxyl groups excluding tert-OH is 1. The first-order chi connectivity index (χ1) is 15.0. The zero-order chi connectivity index (χ0) is 21.8. The third kappa shape index (κ3) is 5.44. The summed E-state index contributed by atoms with van der Waals surface area (Å²) in [4.78, 5) is 11.2. The number of hydrogen-bond acceptors (Lipinski definition) is 4. The monoisotopic (exact) mass is 437 g/mol. The van der Waals surface area contributed by atoms with Gasteiger partial charge < -0.3 is 20.3 Å². The molecule has 0 aromatic heterocycles. The molecule has 6 heteroatoms. The highest BCUT2D eigenvalue weighted by Gasteiger charge is 2.20. The Hall–Kier alpha value is -2.86. The second kappa shape index (κ2) is 9.52. The number of rotatable bonds is 7. The molecule has 1 aliphatic rings. The lowest BCUT2D eigenvalue weighted by Crippen LogP contribution is -2.37. The van der Waals surface area contributed by atoms with E-state index in [-0.39, 0.29) is 11.6 Å². The van der Waals surface area contributed by atoms with Crippen LogP contribution in [0.1, 0.15) is 39.6 Å². The molecule has 5 nitrogen and oxygen atoms in total.